The number of aliphatic imine (C=N–C) groups is 1. The molecule has 0 radical (unpaired) electrons. The average Bonchev–Trinajstić information content (AvgIpc) is 2.60. The zero-order valence-electron chi connectivity index (χ0n) is 9.12. The van der Waals surface area contributed by atoms with Gasteiger partial charge in [-0.05, 0) is 5.92 Å². The van der Waals surface area contributed by atoms with Crippen molar-refractivity contribution in [2.75, 3.05) is 19.6 Å². The molecule has 4 N–H and O–H groups in total. The summed E-state index contributed by atoms with van der Waals surface area (Å²) in [7, 11) is 0. The predicted octanol–water partition coefficient (Wildman–Crippen LogP) is 0.372. The quantitative estimate of drug-likeness (QED) is 0.611. The third-order valence-corrected chi connectivity index (χ3v) is 3.61. The van der Waals surface area contributed by atoms with Crippen LogP contribution in [0.25, 0.3) is 0 Å². The number of urea groups is 1. The molecule has 1 aliphatic rings. The Balaban J connectivity index is 2.11. The van der Waals surface area contributed by atoms with Crippen LogP contribution < -0.4 is 16.4 Å². The van der Waals surface area contributed by atoms with E-state index in [1.807, 2.05) is 0 Å². The van der Waals surface area contributed by atoms with Crippen LogP contribution in [0, 0.1) is 5.92 Å². The van der Waals surface area contributed by atoms with Crippen molar-refractivity contribution in [2.45, 2.75) is 19.1 Å². The Bertz CT molecular complexity index is 254. The number of amides is 2. The summed E-state index contributed by atoms with van der Waals surface area (Å²) in [6.07, 6.45) is 0. The van der Waals surface area contributed by atoms with Gasteiger partial charge in [0, 0.05) is 18.3 Å². The molecule has 0 saturated heterocycles. The van der Waals surface area contributed by atoms with Crippen molar-refractivity contribution in [1.29, 1.82) is 0 Å². The maximum absolute atomic E-state index is 10.4. The first-order valence-corrected chi connectivity index (χ1v) is 5.96. The van der Waals surface area contributed by atoms with E-state index in [1.165, 1.54) is 0 Å². The van der Waals surface area contributed by atoms with Crippen molar-refractivity contribution in [1.82, 2.24) is 10.6 Å². The number of rotatable bonds is 4. The van der Waals surface area contributed by atoms with Crippen LogP contribution in [-0.2, 0) is 0 Å². The van der Waals surface area contributed by atoms with Crippen LogP contribution in [0.1, 0.15) is 13.8 Å². The fourth-order valence-electron chi connectivity index (χ4n) is 1.19. The number of carbonyl (C=O) groups is 1. The highest BCUT2D eigenvalue weighted by Gasteiger charge is 2.21. The lowest BCUT2D eigenvalue weighted by Crippen LogP contribution is -2.36. The molecule has 86 valence electrons. The molecule has 1 atom stereocenters. The minimum atomic E-state index is -0.488. The molecule has 0 aromatic heterocycles. The summed E-state index contributed by atoms with van der Waals surface area (Å²) in [5.41, 5.74) is 4.94. The number of amidine groups is 1. The summed E-state index contributed by atoms with van der Waals surface area (Å²) in [6.45, 7) is 6.48. The number of hydrogen-bond donors (Lipinski definition) is 3. The number of nitrogens with one attached hydrogen (secondary N) is 2. The summed E-state index contributed by atoms with van der Waals surface area (Å²) >= 11 is 1.77. The van der Waals surface area contributed by atoms with E-state index in [-0.39, 0.29) is 0 Å². The maximum atomic E-state index is 10.4. The van der Waals surface area contributed by atoms with E-state index >= 15 is 0 Å². The van der Waals surface area contributed by atoms with Gasteiger partial charge in [0.15, 0.2) is 5.17 Å². The Morgan fingerprint density at radius 3 is 2.93 bits per heavy atom. The first kappa shape index (κ1) is 12.2. The fraction of sp³-hybridized carbons (Fsp3) is 0.778. The Kier molecular flexibility index (Phi) is 4.74. The fourth-order valence-corrected chi connectivity index (χ4v) is 2.23. The Morgan fingerprint density at radius 2 is 2.40 bits per heavy atom. The molecule has 0 saturated carbocycles. The molecule has 0 bridgehead atoms. The summed E-state index contributed by atoms with van der Waals surface area (Å²) < 4.78 is 0. The van der Waals surface area contributed by atoms with Gasteiger partial charge in [0.2, 0.25) is 0 Å². The van der Waals surface area contributed by atoms with E-state index in [0.29, 0.717) is 24.3 Å². The van der Waals surface area contributed by atoms with Gasteiger partial charge in [-0.3, -0.25) is 4.99 Å². The second kappa shape index (κ2) is 5.85. The molecule has 1 unspecified atom stereocenters. The molecule has 0 spiro atoms. The minimum Gasteiger partial charge on any atom is -0.363 e. The average molecular weight is 230 g/mol. The first-order valence-electron chi connectivity index (χ1n) is 5.08. The smallest absolute Gasteiger partial charge is 0.312 e. The molecule has 0 aliphatic carbocycles. The number of hydrogen-bond acceptors (Lipinski definition) is 4. The molecular weight excluding hydrogens is 212 g/mol. The summed E-state index contributed by atoms with van der Waals surface area (Å²) in [5.74, 6) is 0.641. The Morgan fingerprint density at radius 1 is 1.67 bits per heavy atom. The molecule has 15 heavy (non-hydrogen) atoms. The van der Waals surface area contributed by atoms with Crippen molar-refractivity contribution >= 4 is 23.0 Å². The molecular formula is C9H18N4OS. The zero-order valence-corrected chi connectivity index (χ0v) is 9.93. The highest BCUT2D eigenvalue weighted by molar-refractivity contribution is 8.14. The molecule has 6 heteroatoms. The van der Waals surface area contributed by atoms with Gasteiger partial charge in [0.1, 0.15) is 0 Å². The van der Waals surface area contributed by atoms with Crippen LogP contribution >= 0.6 is 11.8 Å². The third kappa shape index (κ3) is 4.42. The van der Waals surface area contributed by atoms with E-state index in [2.05, 4.69) is 29.5 Å². The number of primary amides is 1. The highest BCUT2D eigenvalue weighted by Crippen LogP contribution is 2.25. The lowest BCUT2D eigenvalue weighted by atomic mass is 10.1. The lowest BCUT2D eigenvalue weighted by Gasteiger charge is -2.12. The van der Waals surface area contributed by atoms with E-state index in [4.69, 9.17) is 5.73 Å². The van der Waals surface area contributed by atoms with E-state index in [9.17, 15) is 4.79 Å². The number of thioether (sulfide) groups is 1. The molecule has 0 fully saturated rings. The maximum Gasteiger partial charge on any atom is 0.312 e. The van der Waals surface area contributed by atoms with Crippen LogP contribution in [-0.4, -0.2) is 36.1 Å². The molecule has 5 nitrogen and oxygen atoms in total. The van der Waals surface area contributed by atoms with Crippen LogP contribution in [0.4, 0.5) is 4.79 Å². The van der Waals surface area contributed by atoms with Gasteiger partial charge in [0.05, 0.1) is 6.54 Å². The molecule has 1 heterocycles. The molecule has 0 aromatic rings. The van der Waals surface area contributed by atoms with Crippen LogP contribution in [0.5, 0.6) is 0 Å². The molecule has 1 rings (SSSR count). The summed E-state index contributed by atoms with van der Waals surface area (Å²) in [4.78, 5) is 14.8. The van der Waals surface area contributed by atoms with Gasteiger partial charge in [-0.2, -0.15) is 0 Å². The normalized spacial score (nSPS) is 20.2. The Hall–Kier alpha value is -0.910. The molecule has 1 aliphatic heterocycles. The second-order valence-corrected chi connectivity index (χ2v) is 4.99. The van der Waals surface area contributed by atoms with Crippen molar-refractivity contribution in [3.05, 3.63) is 0 Å². The Labute approximate surface area is 94.3 Å². The van der Waals surface area contributed by atoms with E-state index in [1.54, 1.807) is 11.8 Å². The largest absolute Gasteiger partial charge is 0.363 e. The third-order valence-electron chi connectivity index (χ3n) is 2.12. The van der Waals surface area contributed by atoms with Crippen molar-refractivity contribution < 1.29 is 4.79 Å². The van der Waals surface area contributed by atoms with Crippen molar-refractivity contribution in [2.24, 2.45) is 16.6 Å². The van der Waals surface area contributed by atoms with Gasteiger partial charge in [-0.25, -0.2) is 4.79 Å². The number of nitrogens with two attached hydrogens (primary N) is 1. The number of nitrogens with zero attached hydrogens (tertiary/aromatic N) is 1. The summed E-state index contributed by atoms with van der Waals surface area (Å²) in [5, 5.41) is 7.23. The van der Waals surface area contributed by atoms with Crippen LogP contribution in [0.2, 0.25) is 0 Å². The van der Waals surface area contributed by atoms with E-state index < -0.39 is 6.03 Å². The van der Waals surface area contributed by atoms with E-state index in [0.717, 1.165) is 11.7 Å². The lowest BCUT2D eigenvalue weighted by molar-refractivity contribution is 0.249. The van der Waals surface area contributed by atoms with Gasteiger partial charge in [-0.15, -0.1) is 0 Å². The monoisotopic (exact) mass is 230 g/mol. The second-order valence-electron chi connectivity index (χ2n) is 3.76. The van der Waals surface area contributed by atoms with Crippen molar-refractivity contribution in [3.63, 3.8) is 0 Å². The van der Waals surface area contributed by atoms with Crippen molar-refractivity contribution in [3.8, 4) is 0 Å². The topological polar surface area (TPSA) is 79.5 Å². The minimum absolute atomic E-state index is 0.488. The predicted molar refractivity (Wildman–Crippen MR) is 64.1 cm³/mol. The van der Waals surface area contributed by atoms with Gasteiger partial charge >= 0.3 is 6.03 Å². The van der Waals surface area contributed by atoms with Crippen LogP contribution in [0.15, 0.2) is 4.99 Å². The highest BCUT2D eigenvalue weighted by atomic mass is 32.2. The standard InChI is InChI=1S/C9H18N4OS/c1-6(2)7-5-13-9(15-7)12-4-3-11-8(10)14/h6-7H,3-5H2,1-2H3,(H,12,13)(H3,10,11,14). The van der Waals surface area contributed by atoms with Gasteiger partial charge < -0.3 is 16.4 Å². The van der Waals surface area contributed by atoms with Crippen LogP contribution in [0.3, 0.4) is 0 Å². The first-order chi connectivity index (χ1) is 7.09. The molecule has 2 amide bonds. The number of carbonyl (C=O) groups excluding carboxylic acids is 1. The zero-order chi connectivity index (χ0) is 11.3. The molecule has 0 aromatic carbocycles. The van der Waals surface area contributed by atoms with Gasteiger partial charge in [-0.1, -0.05) is 25.6 Å². The summed E-state index contributed by atoms with van der Waals surface area (Å²) in [6, 6.07) is -0.488. The van der Waals surface area contributed by atoms with Gasteiger partial charge in [0.25, 0.3) is 0 Å². The SMILES string of the molecule is CC(C)C1CN=C(NCCNC(N)=O)S1.